The van der Waals surface area contributed by atoms with Crippen molar-refractivity contribution >= 4 is 23.8 Å². The zero-order valence-corrected chi connectivity index (χ0v) is 8.25. The summed E-state index contributed by atoms with van der Waals surface area (Å²) in [5, 5.41) is 17.5. The minimum Gasteiger partial charge on any atom is -0.481 e. The minimum absolute atomic E-state index is 0.653. The molecule has 0 saturated heterocycles. The molecule has 8 heteroatoms. The molecule has 0 aliphatic rings. The van der Waals surface area contributed by atoms with Gasteiger partial charge in [-0.3, -0.25) is 19.2 Å². The lowest BCUT2D eigenvalue weighted by Crippen LogP contribution is -2.36. The number of nitrogens with two attached hydrogens (primary N) is 2. The Morgan fingerprint density at radius 1 is 0.812 bits per heavy atom. The first-order chi connectivity index (χ1) is 7.25. The van der Waals surface area contributed by atoms with E-state index in [4.69, 9.17) is 21.7 Å². The standard InChI is InChI=1S/C8H12N2O6/c9-5(11)1-3(7(13)14)4(8(15)16)2-6(10)12/h3-4H,1-2H2,(H2,9,11)(H2,10,12)(H,13,14)(H,15,16). The monoisotopic (exact) mass is 232 g/mol. The van der Waals surface area contributed by atoms with Crippen molar-refractivity contribution < 1.29 is 29.4 Å². The van der Waals surface area contributed by atoms with Crippen LogP contribution >= 0.6 is 0 Å². The number of rotatable bonds is 7. The highest BCUT2D eigenvalue weighted by atomic mass is 16.4. The summed E-state index contributed by atoms with van der Waals surface area (Å²) in [5.41, 5.74) is 9.58. The highest BCUT2D eigenvalue weighted by Gasteiger charge is 2.35. The number of carboxylic acid groups (broad SMARTS) is 2. The third kappa shape index (κ3) is 4.40. The van der Waals surface area contributed by atoms with Gasteiger partial charge in [-0.05, 0) is 0 Å². The molecule has 0 heterocycles. The second-order valence-corrected chi connectivity index (χ2v) is 3.23. The van der Waals surface area contributed by atoms with Crippen molar-refractivity contribution in [3.8, 4) is 0 Å². The third-order valence-electron chi connectivity index (χ3n) is 1.96. The van der Waals surface area contributed by atoms with Gasteiger partial charge in [0.05, 0.1) is 11.8 Å². The highest BCUT2D eigenvalue weighted by molar-refractivity contribution is 5.88. The molecule has 0 aromatic carbocycles. The zero-order chi connectivity index (χ0) is 12.9. The van der Waals surface area contributed by atoms with Crippen molar-refractivity contribution in [2.24, 2.45) is 23.3 Å². The van der Waals surface area contributed by atoms with Crippen LogP contribution in [0.25, 0.3) is 0 Å². The quantitative estimate of drug-likeness (QED) is 0.402. The molecule has 0 bridgehead atoms. The van der Waals surface area contributed by atoms with Gasteiger partial charge in [0, 0.05) is 12.8 Å². The van der Waals surface area contributed by atoms with Gasteiger partial charge in [-0.2, -0.15) is 0 Å². The summed E-state index contributed by atoms with van der Waals surface area (Å²) in [5.74, 6) is -8.03. The Bertz CT molecular complexity index is 294. The van der Waals surface area contributed by atoms with Gasteiger partial charge in [-0.15, -0.1) is 0 Å². The Hall–Kier alpha value is -2.12. The molecule has 2 atom stereocenters. The van der Waals surface area contributed by atoms with Crippen LogP contribution in [-0.4, -0.2) is 34.0 Å². The Kier molecular flexibility index (Phi) is 4.93. The van der Waals surface area contributed by atoms with Crippen LogP contribution in [0.3, 0.4) is 0 Å². The van der Waals surface area contributed by atoms with E-state index >= 15 is 0 Å². The lowest BCUT2D eigenvalue weighted by Gasteiger charge is -2.17. The van der Waals surface area contributed by atoms with Crippen LogP contribution in [0.5, 0.6) is 0 Å². The summed E-state index contributed by atoms with van der Waals surface area (Å²) in [6.45, 7) is 0. The normalized spacial score (nSPS) is 13.8. The predicted molar refractivity (Wildman–Crippen MR) is 49.9 cm³/mol. The highest BCUT2D eigenvalue weighted by Crippen LogP contribution is 2.20. The molecule has 8 nitrogen and oxygen atoms in total. The summed E-state index contributed by atoms with van der Waals surface area (Å²) in [6.07, 6.45) is -1.31. The van der Waals surface area contributed by atoms with Crippen LogP contribution in [0.2, 0.25) is 0 Å². The Morgan fingerprint density at radius 3 is 1.19 bits per heavy atom. The molecule has 0 fully saturated rings. The van der Waals surface area contributed by atoms with Crippen molar-refractivity contribution in [3.63, 3.8) is 0 Å². The summed E-state index contributed by atoms with van der Waals surface area (Å²) in [7, 11) is 0. The van der Waals surface area contributed by atoms with E-state index in [0.29, 0.717) is 0 Å². The van der Waals surface area contributed by atoms with Crippen LogP contribution < -0.4 is 11.5 Å². The van der Waals surface area contributed by atoms with E-state index < -0.39 is 48.4 Å². The Labute approximate surface area is 90.2 Å². The van der Waals surface area contributed by atoms with E-state index in [2.05, 4.69) is 0 Å². The maximum atomic E-state index is 10.7. The maximum Gasteiger partial charge on any atom is 0.307 e. The second kappa shape index (κ2) is 5.69. The molecule has 2 unspecified atom stereocenters. The summed E-state index contributed by atoms with van der Waals surface area (Å²) >= 11 is 0. The summed E-state index contributed by atoms with van der Waals surface area (Å²) < 4.78 is 0. The molecule has 2 amide bonds. The summed E-state index contributed by atoms with van der Waals surface area (Å²) in [4.78, 5) is 42.6. The number of hydrogen-bond acceptors (Lipinski definition) is 4. The van der Waals surface area contributed by atoms with Crippen molar-refractivity contribution in [1.29, 1.82) is 0 Å². The molecule has 0 radical (unpaired) electrons. The van der Waals surface area contributed by atoms with Gasteiger partial charge >= 0.3 is 11.9 Å². The number of carbonyl (C=O) groups excluding carboxylic acids is 2. The number of carbonyl (C=O) groups is 4. The van der Waals surface area contributed by atoms with Gasteiger partial charge in [0.2, 0.25) is 11.8 Å². The first-order valence-electron chi connectivity index (χ1n) is 4.28. The predicted octanol–water partition coefficient (Wildman–Crippen LogP) is -1.86. The smallest absolute Gasteiger partial charge is 0.307 e. The van der Waals surface area contributed by atoms with Crippen LogP contribution in [0.15, 0.2) is 0 Å². The van der Waals surface area contributed by atoms with Gasteiger partial charge in [0.25, 0.3) is 0 Å². The molecule has 0 rings (SSSR count). The van der Waals surface area contributed by atoms with Crippen LogP contribution in [0.4, 0.5) is 0 Å². The molecule has 6 N–H and O–H groups in total. The van der Waals surface area contributed by atoms with Gasteiger partial charge in [0.1, 0.15) is 0 Å². The van der Waals surface area contributed by atoms with E-state index in [1.165, 1.54) is 0 Å². The van der Waals surface area contributed by atoms with Gasteiger partial charge < -0.3 is 21.7 Å². The fraction of sp³-hybridized carbons (Fsp3) is 0.500. The average Bonchev–Trinajstić information content (AvgIpc) is 2.09. The van der Waals surface area contributed by atoms with Crippen LogP contribution in [-0.2, 0) is 19.2 Å². The molecule has 0 aliphatic carbocycles. The molecule has 0 spiro atoms. The number of amides is 2. The molecular weight excluding hydrogens is 220 g/mol. The second-order valence-electron chi connectivity index (χ2n) is 3.23. The SMILES string of the molecule is NC(=O)CC(C(=O)O)C(CC(N)=O)C(=O)O. The molecule has 0 aromatic heterocycles. The Morgan fingerprint density at radius 2 is 1.06 bits per heavy atom. The van der Waals surface area contributed by atoms with Crippen molar-refractivity contribution in [2.45, 2.75) is 12.8 Å². The van der Waals surface area contributed by atoms with E-state index in [0.717, 1.165) is 0 Å². The van der Waals surface area contributed by atoms with Crippen LogP contribution in [0.1, 0.15) is 12.8 Å². The van der Waals surface area contributed by atoms with Crippen molar-refractivity contribution in [1.82, 2.24) is 0 Å². The largest absolute Gasteiger partial charge is 0.481 e. The topological polar surface area (TPSA) is 161 Å². The molecule has 16 heavy (non-hydrogen) atoms. The molecule has 0 aliphatic heterocycles. The number of primary amides is 2. The van der Waals surface area contributed by atoms with Crippen molar-refractivity contribution in [3.05, 3.63) is 0 Å². The molecule has 0 saturated carbocycles. The molecular formula is C8H12N2O6. The molecule has 90 valence electrons. The average molecular weight is 232 g/mol. The lowest BCUT2D eigenvalue weighted by atomic mass is 9.86. The van der Waals surface area contributed by atoms with E-state index in [1.54, 1.807) is 0 Å². The number of hydrogen-bond donors (Lipinski definition) is 4. The number of aliphatic carboxylic acids is 2. The summed E-state index contributed by atoms with van der Waals surface area (Å²) in [6, 6.07) is 0. The van der Waals surface area contributed by atoms with Gasteiger partial charge in [0.15, 0.2) is 0 Å². The van der Waals surface area contributed by atoms with E-state index in [1.807, 2.05) is 0 Å². The first-order valence-corrected chi connectivity index (χ1v) is 4.28. The van der Waals surface area contributed by atoms with Gasteiger partial charge in [-0.1, -0.05) is 0 Å². The lowest BCUT2D eigenvalue weighted by molar-refractivity contribution is -0.156. The van der Waals surface area contributed by atoms with Crippen molar-refractivity contribution in [2.75, 3.05) is 0 Å². The maximum absolute atomic E-state index is 10.7. The minimum atomic E-state index is -1.55. The van der Waals surface area contributed by atoms with E-state index in [9.17, 15) is 19.2 Å². The van der Waals surface area contributed by atoms with Crippen LogP contribution in [0, 0.1) is 11.8 Å². The fourth-order valence-electron chi connectivity index (χ4n) is 1.24. The first kappa shape index (κ1) is 13.9. The molecule has 0 aromatic rings. The van der Waals surface area contributed by atoms with E-state index in [-0.39, 0.29) is 0 Å². The van der Waals surface area contributed by atoms with Gasteiger partial charge in [-0.25, -0.2) is 0 Å². The third-order valence-corrected chi connectivity index (χ3v) is 1.96. The Balaban J connectivity index is 4.93. The number of carboxylic acids is 2. The zero-order valence-electron chi connectivity index (χ0n) is 8.25. The fourth-order valence-corrected chi connectivity index (χ4v) is 1.24.